The van der Waals surface area contributed by atoms with Gasteiger partial charge >= 0.3 is 0 Å². The van der Waals surface area contributed by atoms with Gasteiger partial charge in [0.15, 0.2) is 34.9 Å². The summed E-state index contributed by atoms with van der Waals surface area (Å²) in [4.78, 5) is 13.2. The van der Waals surface area contributed by atoms with Crippen LogP contribution in [0.15, 0.2) is 6.33 Å². The van der Waals surface area contributed by atoms with Crippen LogP contribution in [-0.2, 0) is 12.8 Å². The fourth-order valence-electron chi connectivity index (χ4n) is 2.57. The quantitative estimate of drug-likeness (QED) is 0.419. The van der Waals surface area contributed by atoms with Gasteiger partial charge in [0.2, 0.25) is 5.88 Å². The van der Waals surface area contributed by atoms with E-state index in [1.54, 1.807) is 34.8 Å². The number of aliphatic hydroxyl groups excluding tert-OH is 1. The van der Waals surface area contributed by atoms with Crippen LogP contribution in [0.1, 0.15) is 32.2 Å². The first-order valence-corrected chi connectivity index (χ1v) is 8.51. The molecule has 1 fully saturated rings. The summed E-state index contributed by atoms with van der Waals surface area (Å²) in [6.07, 6.45) is 0.212. The maximum absolute atomic E-state index is 10.1. The summed E-state index contributed by atoms with van der Waals surface area (Å²) in [5.74, 6) is 0.463. The predicted molar refractivity (Wildman–Crippen MR) is 93.6 cm³/mol. The molecule has 2 aromatic heterocycles. The van der Waals surface area contributed by atoms with Gasteiger partial charge < -0.3 is 14.6 Å². The van der Waals surface area contributed by atoms with Crippen LogP contribution in [0.3, 0.4) is 0 Å². The largest absolute Gasteiger partial charge is 0.480 e. The lowest BCUT2D eigenvalue weighted by molar-refractivity contribution is -0.201. The molecule has 0 spiro atoms. The van der Waals surface area contributed by atoms with E-state index >= 15 is 0 Å². The van der Waals surface area contributed by atoms with Crippen molar-refractivity contribution in [3.63, 3.8) is 0 Å². The first-order chi connectivity index (χ1) is 11.7. The van der Waals surface area contributed by atoms with Crippen LogP contribution in [0.25, 0.3) is 11.0 Å². The number of fused-ring (bicyclic) bond motifs is 1. The van der Waals surface area contributed by atoms with Crippen LogP contribution in [-0.4, -0.2) is 50.8 Å². The molecule has 9 nitrogen and oxygen atoms in total. The van der Waals surface area contributed by atoms with Crippen molar-refractivity contribution in [3.8, 4) is 5.88 Å². The van der Waals surface area contributed by atoms with Gasteiger partial charge in [-0.05, 0) is 6.92 Å². The Morgan fingerprint density at radius 3 is 2.83 bits per heavy atom. The smallest absolute Gasteiger partial charge is 0.227 e. The molecule has 0 saturated carbocycles. The van der Waals surface area contributed by atoms with Gasteiger partial charge in [-0.15, -0.1) is 0 Å². The lowest BCUT2D eigenvalue weighted by atomic mass is 10.2. The molecule has 2 aromatic rings. The van der Waals surface area contributed by atoms with Gasteiger partial charge in [0.1, 0.15) is 24.4 Å². The number of ether oxygens (including phenoxy) is 2. The monoisotopic (exact) mass is 452 g/mol. The molecule has 3 heterocycles. The summed E-state index contributed by atoms with van der Waals surface area (Å²) < 4.78 is 17.2. The molecular formula is C14H21IN4O5. The predicted octanol–water partition coefficient (Wildman–Crippen LogP) is 2.12. The van der Waals surface area contributed by atoms with Crippen molar-refractivity contribution in [1.82, 2.24) is 19.7 Å². The topological polar surface area (TPSA) is 101 Å². The van der Waals surface area contributed by atoms with Crippen molar-refractivity contribution < 1.29 is 22.7 Å². The second-order valence-electron chi connectivity index (χ2n) is 4.89. The van der Waals surface area contributed by atoms with Gasteiger partial charge in [-0.1, -0.05) is 13.8 Å². The SMILES string of the molecule is CC.COc1ncnc2c1c(C)nn2C1CC(O)C(COOI)O1. The highest BCUT2D eigenvalue weighted by Crippen LogP contribution is 2.33. The zero-order valence-electron chi connectivity index (χ0n) is 14.0. The molecule has 0 bridgehead atoms. The van der Waals surface area contributed by atoms with Crippen LogP contribution < -0.4 is 4.74 Å². The minimum Gasteiger partial charge on any atom is -0.480 e. The van der Waals surface area contributed by atoms with Gasteiger partial charge in [-0.25, -0.2) is 19.5 Å². The van der Waals surface area contributed by atoms with Gasteiger partial charge in [-0.2, -0.15) is 8.32 Å². The van der Waals surface area contributed by atoms with Crippen molar-refractivity contribution in [2.24, 2.45) is 0 Å². The number of methoxy groups -OCH3 is 1. The maximum Gasteiger partial charge on any atom is 0.227 e. The van der Waals surface area contributed by atoms with Gasteiger partial charge in [-0.3, -0.25) is 0 Å². The summed E-state index contributed by atoms with van der Waals surface area (Å²) in [5.41, 5.74) is 1.34. The average Bonchev–Trinajstić information content (AvgIpc) is 3.15. The lowest BCUT2D eigenvalue weighted by Crippen LogP contribution is -2.26. The minimum absolute atomic E-state index is 0.136. The standard InChI is InChI=1S/C12H15IN4O5.C2H6/c1-6-10-11(14-5-15-12(10)19-2)17(16-6)9-3-7(18)8(21-9)4-20-22-13;1-2/h5,7-9,18H,3-4H2,1-2H3;1-2H3. The Kier molecular flexibility index (Phi) is 7.10. The average molecular weight is 452 g/mol. The van der Waals surface area contributed by atoms with Crippen molar-refractivity contribution in [3.05, 3.63) is 12.0 Å². The zero-order chi connectivity index (χ0) is 17.7. The number of aliphatic hydroxyl groups is 1. The summed E-state index contributed by atoms with van der Waals surface area (Å²) in [6.45, 7) is 5.98. The van der Waals surface area contributed by atoms with E-state index in [9.17, 15) is 5.11 Å². The van der Waals surface area contributed by atoms with E-state index in [-0.39, 0.29) is 6.61 Å². The molecule has 3 unspecified atom stereocenters. The fourth-order valence-corrected chi connectivity index (χ4v) is 2.72. The molecule has 1 aliphatic heterocycles. The molecule has 3 atom stereocenters. The zero-order valence-corrected chi connectivity index (χ0v) is 16.1. The highest BCUT2D eigenvalue weighted by Gasteiger charge is 2.37. The molecule has 0 aliphatic carbocycles. The minimum atomic E-state index is -0.667. The van der Waals surface area contributed by atoms with E-state index in [0.29, 0.717) is 17.9 Å². The molecular weight excluding hydrogens is 431 g/mol. The number of aryl methyl sites for hydroxylation is 1. The van der Waals surface area contributed by atoms with Crippen molar-refractivity contribution in [2.75, 3.05) is 13.7 Å². The molecule has 0 amide bonds. The van der Waals surface area contributed by atoms with Crippen LogP contribution in [0.2, 0.25) is 0 Å². The van der Waals surface area contributed by atoms with Gasteiger partial charge in [0, 0.05) is 6.42 Å². The third kappa shape index (κ3) is 3.77. The third-order valence-electron chi connectivity index (χ3n) is 3.58. The highest BCUT2D eigenvalue weighted by atomic mass is 127. The van der Waals surface area contributed by atoms with Crippen LogP contribution in [0, 0.1) is 6.92 Å². The maximum atomic E-state index is 10.1. The number of nitrogens with zero attached hydrogens (tertiary/aromatic N) is 4. The number of rotatable bonds is 5. The molecule has 3 rings (SSSR count). The van der Waals surface area contributed by atoms with Crippen LogP contribution >= 0.6 is 23.0 Å². The fraction of sp³-hybridized carbons (Fsp3) is 0.643. The molecule has 1 N–H and O–H groups in total. The Morgan fingerprint density at radius 2 is 2.17 bits per heavy atom. The third-order valence-corrected chi connectivity index (χ3v) is 3.83. The molecule has 0 radical (unpaired) electrons. The van der Waals surface area contributed by atoms with E-state index in [1.807, 2.05) is 20.8 Å². The molecule has 1 saturated heterocycles. The number of hydrogen-bond donors (Lipinski definition) is 1. The Balaban J connectivity index is 0.00000100. The van der Waals surface area contributed by atoms with E-state index in [0.717, 1.165) is 11.1 Å². The highest BCUT2D eigenvalue weighted by molar-refractivity contribution is 14.1. The molecule has 1 aliphatic rings. The Morgan fingerprint density at radius 1 is 1.42 bits per heavy atom. The van der Waals surface area contributed by atoms with E-state index < -0.39 is 18.4 Å². The van der Waals surface area contributed by atoms with Gasteiger partial charge in [0.25, 0.3) is 0 Å². The summed E-state index contributed by atoms with van der Waals surface area (Å²) in [5, 5.41) is 15.3. The summed E-state index contributed by atoms with van der Waals surface area (Å²) in [7, 11) is 1.55. The second kappa shape index (κ2) is 8.85. The second-order valence-corrected chi connectivity index (χ2v) is 5.25. The van der Waals surface area contributed by atoms with Gasteiger partial charge in [0.05, 0.1) is 18.9 Å². The van der Waals surface area contributed by atoms with E-state index in [4.69, 9.17) is 14.4 Å². The van der Waals surface area contributed by atoms with E-state index in [2.05, 4.69) is 18.3 Å². The van der Waals surface area contributed by atoms with Crippen LogP contribution in [0.4, 0.5) is 0 Å². The number of hydrogen-bond acceptors (Lipinski definition) is 8. The number of halogens is 1. The first kappa shape index (κ1) is 19.2. The van der Waals surface area contributed by atoms with Crippen LogP contribution in [0.5, 0.6) is 5.88 Å². The first-order valence-electron chi connectivity index (χ1n) is 7.63. The molecule has 10 heteroatoms. The number of aromatic nitrogens is 4. The molecule has 134 valence electrons. The Bertz CT molecular complexity index is 668. The molecule has 0 aromatic carbocycles. The normalized spacial score (nSPS) is 23.2. The Labute approximate surface area is 153 Å². The summed E-state index contributed by atoms with van der Waals surface area (Å²) in [6, 6.07) is 0. The van der Waals surface area contributed by atoms with Crippen molar-refractivity contribution >= 4 is 34.0 Å². The van der Waals surface area contributed by atoms with Crippen molar-refractivity contribution in [1.29, 1.82) is 0 Å². The molecule has 24 heavy (non-hydrogen) atoms. The van der Waals surface area contributed by atoms with Crippen molar-refractivity contribution in [2.45, 2.75) is 45.6 Å². The van der Waals surface area contributed by atoms with E-state index in [1.165, 1.54) is 6.33 Å². The lowest BCUT2D eigenvalue weighted by Gasteiger charge is -2.14. The summed E-state index contributed by atoms with van der Waals surface area (Å²) >= 11 is 1.61. The Hall–Kier alpha value is -1.08.